The van der Waals surface area contributed by atoms with Crippen LogP contribution in [0.5, 0.6) is 0 Å². The van der Waals surface area contributed by atoms with Crippen molar-refractivity contribution in [1.29, 1.82) is 0 Å². The average molecular weight is 427 g/mol. The zero-order chi connectivity index (χ0) is 21.2. The fourth-order valence-corrected chi connectivity index (χ4v) is 10.0. The number of hydrogen-bond donors (Lipinski definition) is 0. The molecule has 0 aromatic heterocycles. The van der Waals surface area contributed by atoms with E-state index < -0.39 is 0 Å². The number of hydrogen-bond acceptors (Lipinski definition) is 0. The monoisotopic (exact) mass is 426 g/mol. The molecule has 8 atom stereocenters. The Morgan fingerprint density at radius 2 is 0.742 bits per heavy atom. The zero-order valence-corrected chi connectivity index (χ0v) is 21.2. The highest BCUT2D eigenvalue weighted by Crippen LogP contribution is 2.54. The maximum atomic E-state index is 2.42. The molecule has 0 aliphatic heterocycles. The molecule has 0 aromatic carbocycles. The van der Waals surface area contributed by atoms with E-state index in [-0.39, 0.29) is 0 Å². The summed E-state index contributed by atoms with van der Waals surface area (Å²) in [6, 6.07) is 0. The Labute approximate surface area is 195 Å². The van der Waals surface area contributed by atoms with Gasteiger partial charge in [0.1, 0.15) is 0 Å². The van der Waals surface area contributed by atoms with Crippen LogP contribution in [0.2, 0.25) is 0 Å². The van der Waals surface area contributed by atoms with E-state index in [9.17, 15) is 0 Å². The number of fused-ring (bicyclic) bond motifs is 2. The Morgan fingerprint density at radius 3 is 1.19 bits per heavy atom. The lowest BCUT2D eigenvalue weighted by atomic mass is 9.56. The molecule has 5 fully saturated rings. The van der Waals surface area contributed by atoms with Gasteiger partial charge in [-0.15, -0.1) is 0 Å². The van der Waals surface area contributed by atoms with Crippen molar-refractivity contribution >= 4 is 0 Å². The second-order valence-corrected chi connectivity index (χ2v) is 13.4. The van der Waals surface area contributed by atoms with Gasteiger partial charge in [-0.3, -0.25) is 0 Å². The first-order chi connectivity index (χ1) is 15.2. The van der Waals surface area contributed by atoms with Gasteiger partial charge in [0.2, 0.25) is 0 Å². The highest BCUT2D eigenvalue weighted by molar-refractivity contribution is 4.93. The van der Waals surface area contributed by atoms with Crippen molar-refractivity contribution < 1.29 is 0 Å². The van der Waals surface area contributed by atoms with Crippen molar-refractivity contribution in [3.05, 3.63) is 0 Å². The lowest BCUT2D eigenvalue weighted by Gasteiger charge is -2.49. The van der Waals surface area contributed by atoms with E-state index in [4.69, 9.17) is 0 Å². The van der Waals surface area contributed by atoms with Crippen molar-refractivity contribution in [2.45, 2.75) is 136 Å². The van der Waals surface area contributed by atoms with E-state index in [0.29, 0.717) is 0 Å². The third-order valence-corrected chi connectivity index (χ3v) is 12.0. The molecule has 5 rings (SSSR count). The predicted octanol–water partition coefficient (Wildman–Crippen LogP) is 9.67. The highest BCUT2D eigenvalue weighted by Gasteiger charge is 2.43. The lowest BCUT2D eigenvalue weighted by molar-refractivity contribution is 0.0175. The predicted molar refractivity (Wildman–Crippen MR) is 134 cm³/mol. The normalized spacial score (nSPS) is 48.6. The summed E-state index contributed by atoms with van der Waals surface area (Å²) in [4.78, 5) is 0. The SMILES string of the molecule is CCCC1CCC2CC(C3CCC4CC(C5CCC(CC)CC5)CCC4C3)CCC2C1. The lowest BCUT2D eigenvalue weighted by Crippen LogP contribution is -2.38. The van der Waals surface area contributed by atoms with Crippen molar-refractivity contribution in [3.8, 4) is 0 Å². The van der Waals surface area contributed by atoms with Gasteiger partial charge in [-0.25, -0.2) is 0 Å². The standard InChI is InChI=1S/C31H54/c1-3-5-23-8-11-27-20-29(14-12-25(27)18-23)31-17-16-28-19-26(13-15-30(28)21-31)24-9-6-22(4-2)7-10-24/h22-31H,3-21H2,1-2H3. The van der Waals surface area contributed by atoms with Crippen LogP contribution in [0.25, 0.3) is 0 Å². The van der Waals surface area contributed by atoms with Gasteiger partial charge in [-0.1, -0.05) is 52.4 Å². The van der Waals surface area contributed by atoms with Gasteiger partial charge in [-0.05, 0) is 143 Å². The van der Waals surface area contributed by atoms with Crippen molar-refractivity contribution in [3.63, 3.8) is 0 Å². The zero-order valence-electron chi connectivity index (χ0n) is 21.2. The van der Waals surface area contributed by atoms with Crippen molar-refractivity contribution in [1.82, 2.24) is 0 Å². The minimum absolute atomic E-state index is 1.07. The summed E-state index contributed by atoms with van der Waals surface area (Å²) >= 11 is 0. The fourth-order valence-electron chi connectivity index (χ4n) is 10.0. The topological polar surface area (TPSA) is 0 Å². The molecule has 31 heavy (non-hydrogen) atoms. The maximum Gasteiger partial charge on any atom is -0.0383 e. The van der Waals surface area contributed by atoms with Gasteiger partial charge in [0.25, 0.3) is 0 Å². The summed E-state index contributed by atoms with van der Waals surface area (Å²) in [5, 5.41) is 0. The maximum absolute atomic E-state index is 2.42. The molecule has 0 heteroatoms. The van der Waals surface area contributed by atoms with Gasteiger partial charge < -0.3 is 0 Å². The highest BCUT2D eigenvalue weighted by atomic mass is 14.5. The second kappa shape index (κ2) is 10.5. The van der Waals surface area contributed by atoms with Gasteiger partial charge in [0.05, 0.1) is 0 Å². The van der Waals surface area contributed by atoms with Gasteiger partial charge in [-0.2, -0.15) is 0 Å². The van der Waals surface area contributed by atoms with E-state index in [1.165, 1.54) is 19.3 Å². The van der Waals surface area contributed by atoms with Crippen LogP contribution in [-0.4, -0.2) is 0 Å². The molecule has 5 aliphatic carbocycles. The van der Waals surface area contributed by atoms with Crippen LogP contribution in [0.4, 0.5) is 0 Å². The first-order valence-corrected chi connectivity index (χ1v) is 15.2. The Bertz CT molecular complexity index is 542. The number of rotatable bonds is 5. The molecule has 0 heterocycles. The molecule has 8 unspecified atom stereocenters. The largest absolute Gasteiger partial charge is 0.0654 e. The van der Waals surface area contributed by atoms with Crippen molar-refractivity contribution in [2.75, 3.05) is 0 Å². The summed E-state index contributed by atoms with van der Waals surface area (Å²) < 4.78 is 0. The minimum atomic E-state index is 1.07. The van der Waals surface area contributed by atoms with Gasteiger partial charge in [0, 0.05) is 0 Å². The van der Waals surface area contributed by atoms with Crippen molar-refractivity contribution in [2.24, 2.45) is 59.2 Å². The quantitative estimate of drug-likeness (QED) is 0.410. The Hall–Kier alpha value is 0. The molecule has 178 valence electrons. The molecule has 0 saturated heterocycles. The molecule has 0 amide bonds. The fraction of sp³-hybridized carbons (Fsp3) is 1.00. The Morgan fingerprint density at radius 1 is 0.387 bits per heavy atom. The van der Waals surface area contributed by atoms with Crippen LogP contribution >= 0.6 is 0 Å². The van der Waals surface area contributed by atoms with E-state index in [1.54, 1.807) is 103 Å². The molecule has 0 aromatic rings. The summed E-state index contributed by atoms with van der Waals surface area (Å²) in [5.41, 5.74) is 0. The average Bonchev–Trinajstić information content (AvgIpc) is 2.83. The van der Waals surface area contributed by atoms with Crippen LogP contribution in [-0.2, 0) is 0 Å². The molecule has 0 spiro atoms. The van der Waals surface area contributed by atoms with E-state index in [1.807, 2.05) is 0 Å². The first-order valence-electron chi connectivity index (χ1n) is 15.2. The smallest absolute Gasteiger partial charge is 0.0383 e. The summed E-state index contributed by atoms with van der Waals surface area (Å²) in [6.45, 7) is 4.81. The molecule has 0 N–H and O–H groups in total. The second-order valence-electron chi connectivity index (χ2n) is 13.4. The van der Waals surface area contributed by atoms with Crippen LogP contribution < -0.4 is 0 Å². The van der Waals surface area contributed by atoms with Crippen LogP contribution in [0.15, 0.2) is 0 Å². The molecule has 0 nitrogen and oxygen atoms in total. The van der Waals surface area contributed by atoms with Crippen LogP contribution in [0.3, 0.4) is 0 Å². The van der Waals surface area contributed by atoms with E-state index in [2.05, 4.69) is 13.8 Å². The van der Waals surface area contributed by atoms with E-state index in [0.717, 1.165) is 59.2 Å². The molecule has 0 bridgehead atoms. The van der Waals surface area contributed by atoms with Gasteiger partial charge in [0.15, 0.2) is 0 Å². The van der Waals surface area contributed by atoms with Crippen LogP contribution in [0.1, 0.15) is 136 Å². The summed E-state index contributed by atoms with van der Waals surface area (Å²) in [5.74, 6) is 11.1. The Balaban J connectivity index is 1.09. The van der Waals surface area contributed by atoms with Gasteiger partial charge >= 0.3 is 0 Å². The first kappa shape index (κ1) is 22.8. The Kier molecular flexibility index (Phi) is 7.72. The minimum Gasteiger partial charge on any atom is -0.0654 e. The summed E-state index contributed by atoms with van der Waals surface area (Å²) in [7, 11) is 0. The molecule has 5 aliphatic rings. The molecule has 0 radical (unpaired) electrons. The summed E-state index contributed by atoms with van der Waals surface area (Å²) in [6.07, 6.45) is 29.9. The molecular formula is C31H54. The molecule has 5 saturated carbocycles. The molecular weight excluding hydrogens is 372 g/mol. The van der Waals surface area contributed by atoms with E-state index >= 15 is 0 Å². The third kappa shape index (κ3) is 5.24. The third-order valence-electron chi connectivity index (χ3n) is 12.0. The van der Waals surface area contributed by atoms with Crippen LogP contribution in [0, 0.1) is 59.2 Å².